The third kappa shape index (κ3) is 2.36. The fourth-order valence-electron chi connectivity index (χ4n) is 3.66. The number of anilines is 1. The Morgan fingerprint density at radius 3 is 2.62 bits per heavy atom. The molecule has 1 saturated heterocycles. The molecule has 0 bridgehead atoms. The summed E-state index contributed by atoms with van der Waals surface area (Å²) >= 11 is 0. The summed E-state index contributed by atoms with van der Waals surface area (Å²) in [6.45, 7) is 4.13. The average molecular weight is 356 g/mol. The van der Waals surface area contributed by atoms with Crippen molar-refractivity contribution in [1.82, 2.24) is 9.80 Å². The van der Waals surface area contributed by atoms with Crippen molar-refractivity contribution in [2.24, 2.45) is 4.99 Å². The van der Waals surface area contributed by atoms with E-state index in [1.54, 1.807) is 7.05 Å². The quantitative estimate of drug-likeness (QED) is 0.757. The van der Waals surface area contributed by atoms with Gasteiger partial charge in [0.25, 0.3) is 5.91 Å². The zero-order chi connectivity index (χ0) is 18.4. The molecule has 0 aliphatic carbocycles. The average Bonchev–Trinajstić information content (AvgIpc) is 3.05. The van der Waals surface area contributed by atoms with Gasteiger partial charge in [-0.15, -0.1) is 0 Å². The van der Waals surface area contributed by atoms with Crippen LogP contribution in [0.4, 0.5) is 10.5 Å². The van der Waals surface area contributed by atoms with Gasteiger partial charge in [-0.25, -0.2) is 14.3 Å². The van der Waals surface area contributed by atoms with Gasteiger partial charge >= 0.3 is 12.0 Å². The maximum absolute atomic E-state index is 12.7. The number of benzene rings is 1. The molecule has 1 aromatic rings. The molecule has 26 heavy (non-hydrogen) atoms. The van der Waals surface area contributed by atoms with Gasteiger partial charge in [0.15, 0.2) is 0 Å². The number of fused-ring (bicyclic) bond motifs is 2. The molecule has 1 aromatic carbocycles. The van der Waals surface area contributed by atoms with Crippen LogP contribution in [-0.2, 0) is 4.79 Å². The smallest absolute Gasteiger partial charge is 0.397 e. The summed E-state index contributed by atoms with van der Waals surface area (Å²) in [5.74, 6) is 1.83. The first-order chi connectivity index (χ1) is 12.5. The third-order valence-electron chi connectivity index (χ3n) is 4.99. The molecule has 136 valence electrons. The van der Waals surface area contributed by atoms with E-state index in [-0.39, 0.29) is 11.9 Å². The SMILES string of the molecule is CCOc1ccc(N2CCC[N+]3=C2N=C2C3C(=O)N(C)C(=O)N2C)cc1. The molecular formula is C18H22N5O3+. The van der Waals surface area contributed by atoms with Crippen molar-refractivity contribution in [2.45, 2.75) is 19.4 Å². The number of aliphatic imine (C=N–C) groups is 1. The van der Waals surface area contributed by atoms with Crippen LogP contribution in [0.1, 0.15) is 13.3 Å². The number of guanidine groups is 1. The normalized spacial score (nSPS) is 22.5. The molecule has 4 rings (SSSR count). The zero-order valence-electron chi connectivity index (χ0n) is 15.2. The Hall–Kier alpha value is -2.90. The Balaban J connectivity index is 1.71. The molecule has 3 heterocycles. The summed E-state index contributed by atoms with van der Waals surface area (Å²) in [6, 6.07) is 6.98. The molecule has 3 aliphatic rings. The van der Waals surface area contributed by atoms with Crippen LogP contribution in [0.2, 0.25) is 0 Å². The van der Waals surface area contributed by atoms with Crippen molar-refractivity contribution in [1.29, 1.82) is 0 Å². The van der Waals surface area contributed by atoms with E-state index in [2.05, 4.69) is 9.89 Å². The van der Waals surface area contributed by atoms with Crippen molar-refractivity contribution in [2.75, 3.05) is 38.7 Å². The number of hydrogen-bond acceptors (Lipinski definition) is 5. The molecule has 1 unspecified atom stereocenters. The maximum Gasteiger partial charge on any atom is 0.397 e. The fourth-order valence-corrected chi connectivity index (χ4v) is 3.66. The van der Waals surface area contributed by atoms with Crippen LogP contribution in [0.25, 0.3) is 0 Å². The monoisotopic (exact) mass is 356 g/mol. The predicted molar refractivity (Wildman–Crippen MR) is 96.9 cm³/mol. The van der Waals surface area contributed by atoms with Crippen molar-refractivity contribution < 1.29 is 18.9 Å². The number of ether oxygens (including phenoxy) is 1. The van der Waals surface area contributed by atoms with Crippen LogP contribution < -0.4 is 9.64 Å². The molecule has 0 N–H and O–H groups in total. The lowest BCUT2D eigenvalue weighted by Gasteiger charge is -2.32. The van der Waals surface area contributed by atoms with Crippen molar-refractivity contribution in [3.63, 3.8) is 0 Å². The van der Waals surface area contributed by atoms with Crippen LogP contribution in [0.3, 0.4) is 0 Å². The number of amides is 3. The van der Waals surface area contributed by atoms with E-state index in [0.29, 0.717) is 12.4 Å². The minimum Gasteiger partial charge on any atom is -0.494 e. The highest BCUT2D eigenvalue weighted by Gasteiger charge is 2.53. The summed E-state index contributed by atoms with van der Waals surface area (Å²) in [5, 5.41) is 0. The number of rotatable bonds is 3. The molecule has 3 aliphatic heterocycles. The molecular weight excluding hydrogens is 334 g/mol. The number of likely N-dealkylation sites (N-methyl/N-ethyl adjacent to an activating group) is 2. The number of carbonyl (C=O) groups is 2. The van der Waals surface area contributed by atoms with Gasteiger partial charge in [0.05, 0.1) is 19.7 Å². The Labute approximate surface area is 152 Å². The highest BCUT2D eigenvalue weighted by atomic mass is 16.5. The lowest BCUT2D eigenvalue weighted by Crippen LogP contribution is -2.62. The Bertz CT molecular complexity index is 830. The summed E-state index contributed by atoms with van der Waals surface area (Å²) in [7, 11) is 3.18. The van der Waals surface area contributed by atoms with Crippen LogP contribution >= 0.6 is 0 Å². The minimum atomic E-state index is -0.525. The lowest BCUT2D eigenvalue weighted by atomic mass is 10.1. The number of amidine groups is 1. The molecule has 8 nitrogen and oxygen atoms in total. The van der Waals surface area contributed by atoms with Gasteiger partial charge in [-0.1, -0.05) is 4.99 Å². The first-order valence-corrected chi connectivity index (χ1v) is 8.80. The second kappa shape index (κ2) is 6.12. The van der Waals surface area contributed by atoms with E-state index in [4.69, 9.17) is 4.74 Å². The Morgan fingerprint density at radius 2 is 1.92 bits per heavy atom. The van der Waals surface area contributed by atoms with E-state index in [1.807, 2.05) is 35.8 Å². The highest BCUT2D eigenvalue weighted by molar-refractivity contribution is 6.23. The van der Waals surface area contributed by atoms with E-state index < -0.39 is 6.04 Å². The minimum absolute atomic E-state index is 0.226. The first kappa shape index (κ1) is 16.6. The van der Waals surface area contributed by atoms with E-state index in [0.717, 1.165) is 36.9 Å². The Kier molecular flexibility index (Phi) is 3.90. The van der Waals surface area contributed by atoms with Crippen LogP contribution in [0.5, 0.6) is 5.75 Å². The van der Waals surface area contributed by atoms with Gasteiger partial charge in [-0.3, -0.25) is 14.6 Å². The number of hydrogen-bond donors (Lipinski definition) is 0. The summed E-state index contributed by atoms with van der Waals surface area (Å²) in [5.41, 5.74) is 0.992. The van der Waals surface area contributed by atoms with Gasteiger partial charge < -0.3 is 4.74 Å². The van der Waals surface area contributed by atoms with Crippen molar-refractivity contribution >= 4 is 29.4 Å². The van der Waals surface area contributed by atoms with E-state index >= 15 is 0 Å². The van der Waals surface area contributed by atoms with Crippen LogP contribution in [0.15, 0.2) is 29.3 Å². The fraction of sp³-hybridized carbons (Fsp3) is 0.444. The lowest BCUT2D eigenvalue weighted by molar-refractivity contribution is -0.539. The second-order valence-corrected chi connectivity index (χ2v) is 6.54. The summed E-state index contributed by atoms with van der Waals surface area (Å²) in [4.78, 5) is 34.3. The Morgan fingerprint density at radius 1 is 1.19 bits per heavy atom. The second-order valence-electron chi connectivity index (χ2n) is 6.54. The topological polar surface area (TPSA) is 68.5 Å². The molecule has 8 heteroatoms. The first-order valence-electron chi connectivity index (χ1n) is 8.80. The van der Waals surface area contributed by atoms with Gasteiger partial charge in [0, 0.05) is 20.5 Å². The molecule has 0 aromatic heterocycles. The summed E-state index contributed by atoms with van der Waals surface area (Å²) in [6.07, 6.45) is 0.907. The van der Waals surface area contributed by atoms with Crippen molar-refractivity contribution in [3.8, 4) is 5.75 Å². The maximum atomic E-state index is 12.7. The van der Waals surface area contributed by atoms with Crippen LogP contribution in [0, 0.1) is 0 Å². The van der Waals surface area contributed by atoms with Gasteiger partial charge in [0.2, 0.25) is 11.9 Å². The summed E-state index contributed by atoms with van der Waals surface area (Å²) < 4.78 is 7.50. The third-order valence-corrected chi connectivity index (χ3v) is 4.99. The molecule has 3 amide bonds. The molecule has 1 atom stereocenters. The molecule has 0 spiro atoms. The van der Waals surface area contributed by atoms with E-state index in [1.165, 1.54) is 16.8 Å². The number of urea groups is 1. The molecule has 0 saturated carbocycles. The number of nitrogens with zero attached hydrogens (tertiary/aromatic N) is 5. The molecule has 1 fully saturated rings. The van der Waals surface area contributed by atoms with Gasteiger partial charge in [-0.05, 0) is 31.2 Å². The standard InChI is InChI=1S/C18H22N5O3/c1-4-26-13-8-6-12(7-9-13)22-10-5-11-23-14-15(19-17(22)23)20(2)18(25)21(3)16(14)24/h6-9,14H,4-5,10-11H2,1-3H3/q+1. The van der Waals surface area contributed by atoms with Gasteiger partial charge in [0.1, 0.15) is 11.4 Å². The zero-order valence-corrected chi connectivity index (χ0v) is 15.2. The molecule has 0 radical (unpaired) electrons. The highest BCUT2D eigenvalue weighted by Crippen LogP contribution is 2.27. The largest absolute Gasteiger partial charge is 0.494 e. The van der Waals surface area contributed by atoms with E-state index in [9.17, 15) is 9.59 Å². The predicted octanol–water partition coefficient (Wildman–Crippen LogP) is 0.968. The number of carbonyl (C=O) groups excluding carboxylic acids is 2. The van der Waals surface area contributed by atoms with Crippen molar-refractivity contribution in [3.05, 3.63) is 24.3 Å². The van der Waals surface area contributed by atoms with Gasteiger partial charge in [-0.2, -0.15) is 0 Å². The van der Waals surface area contributed by atoms with Crippen LogP contribution in [-0.4, -0.2) is 77.9 Å². The number of imide groups is 1.